The Balaban J connectivity index is 1.69. The summed E-state index contributed by atoms with van der Waals surface area (Å²) in [4.78, 5) is 31.9. The Morgan fingerprint density at radius 2 is 1.96 bits per heavy atom. The molecule has 28 heavy (non-hydrogen) atoms. The number of carbonyl (C=O) groups is 2. The van der Waals surface area contributed by atoms with Gasteiger partial charge in [-0.15, -0.1) is 0 Å². The number of aryl methyl sites for hydroxylation is 1. The lowest BCUT2D eigenvalue weighted by Crippen LogP contribution is -2.41. The molecule has 0 radical (unpaired) electrons. The summed E-state index contributed by atoms with van der Waals surface area (Å²) in [5, 5.41) is 3.46. The average Bonchev–Trinajstić information content (AvgIpc) is 3.10. The number of amides is 2. The second-order valence-corrected chi connectivity index (χ2v) is 6.99. The SMILES string of the molecule is Cc1cc(Cl)ccc1NC(=O)c1nc(C(=O)N2CCOCC2)n2ccccc12. The first-order chi connectivity index (χ1) is 13.5. The molecule has 0 atom stereocenters. The number of aromatic nitrogens is 2. The zero-order chi connectivity index (χ0) is 19.7. The number of rotatable bonds is 3. The van der Waals surface area contributed by atoms with Gasteiger partial charge >= 0.3 is 0 Å². The molecule has 0 unspecified atom stereocenters. The van der Waals surface area contributed by atoms with Gasteiger partial charge in [-0.25, -0.2) is 4.98 Å². The number of nitrogens with zero attached hydrogens (tertiary/aromatic N) is 3. The zero-order valence-corrected chi connectivity index (χ0v) is 16.1. The summed E-state index contributed by atoms with van der Waals surface area (Å²) >= 11 is 5.98. The van der Waals surface area contributed by atoms with Crippen molar-refractivity contribution in [1.29, 1.82) is 0 Å². The predicted molar refractivity (Wildman–Crippen MR) is 106 cm³/mol. The van der Waals surface area contributed by atoms with Crippen molar-refractivity contribution < 1.29 is 14.3 Å². The van der Waals surface area contributed by atoms with E-state index in [9.17, 15) is 9.59 Å². The lowest BCUT2D eigenvalue weighted by Gasteiger charge is -2.26. The van der Waals surface area contributed by atoms with Crippen LogP contribution in [0.15, 0.2) is 42.6 Å². The zero-order valence-electron chi connectivity index (χ0n) is 15.3. The molecule has 1 aromatic carbocycles. The van der Waals surface area contributed by atoms with Gasteiger partial charge in [-0.05, 0) is 42.8 Å². The fourth-order valence-corrected chi connectivity index (χ4v) is 3.44. The number of halogens is 1. The highest BCUT2D eigenvalue weighted by atomic mass is 35.5. The number of benzene rings is 1. The van der Waals surface area contributed by atoms with Crippen molar-refractivity contribution in [3.8, 4) is 0 Å². The van der Waals surface area contributed by atoms with Crippen LogP contribution in [0.5, 0.6) is 0 Å². The summed E-state index contributed by atoms with van der Waals surface area (Å²) in [6.07, 6.45) is 1.74. The van der Waals surface area contributed by atoms with Crippen molar-refractivity contribution in [2.24, 2.45) is 0 Å². The number of nitrogens with one attached hydrogen (secondary N) is 1. The summed E-state index contributed by atoms with van der Waals surface area (Å²) in [5.74, 6) is -0.378. The van der Waals surface area contributed by atoms with E-state index < -0.39 is 0 Å². The lowest BCUT2D eigenvalue weighted by molar-refractivity contribution is 0.0294. The van der Waals surface area contributed by atoms with E-state index in [1.807, 2.05) is 13.0 Å². The molecule has 1 fully saturated rings. The smallest absolute Gasteiger partial charge is 0.290 e. The molecule has 144 valence electrons. The maximum absolute atomic E-state index is 12.9. The molecule has 3 aromatic rings. The van der Waals surface area contributed by atoms with Crippen molar-refractivity contribution in [1.82, 2.24) is 14.3 Å². The van der Waals surface area contributed by atoms with Crippen LogP contribution in [-0.2, 0) is 4.74 Å². The lowest BCUT2D eigenvalue weighted by atomic mass is 10.2. The van der Waals surface area contributed by atoms with Gasteiger partial charge in [0.1, 0.15) is 0 Å². The van der Waals surface area contributed by atoms with Crippen LogP contribution in [0.3, 0.4) is 0 Å². The quantitative estimate of drug-likeness (QED) is 0.735. The second kappa shape index (κ2) is 7.61. The van der Waals surface area contributed by atoms with Gasteiger partial charge in [-0.1, -0.05) is 17.7 Å². The Kier molecular flexibility index (Phi) is 5.02. The summed E-state index contributed by atoms with van der Waals surface area (Å²) in [5.41, 5.74) is 2.26. The molecule has 0 spiro atoms. The third-order valence-corrected chi connectivity index (χ3v) is 4.92. The van der Waals surface area contributed by atoms with E-state index in [2.05, 4.69) is 10.3 Å². The van der Waals surface area contributed by atoms with Gasteiger partial charge in [0.05, 0.1) is 18.7 Å². The molecular formula is C20H19ClN4O3. The predicted octanol–water partition coefficient (Wildman–Crippen LogP) is 3.02. The molecule has 2 aromatic heterocycles. The highest BCUT2D eigenvalue weighted by Crippen LogP contribution is 2.22. The largest absolute Gasteiger partial charge is 0.378 e. The minimum Gasteiger partial charge on any atom is -0.378 e. The van der Waals surface area contributed by atoms with Crippen LogP contribution in [0, 0.1) is 6.92 Å². The van der Waals surface area contributed by atoms with E-state index in [4.69, 9.17) is 16.3 Å². The molecule has 2 amide bonds. The van der Waals surface area contributed by atoms with Crippen molar-refractivity contribution in [2.45, 2.75) is 6.92 Å². The van der Waals surface area contributed by atoms with Crippen LogP contribution in [0.1, 0.15) is 26.7 Å². The summed E-state index contributed by atoms with van der Waals surface area (Å²) in [7, 11) is 0. The molecule has 1 saturated heterocycles. The first-order valence-corrected chi connectivity index (χ1v) is 9.34. The van der Waals surface area contributed by atoms with E-state index >= 15 is 0 Å². The van der Waals surface area contributed by atoms with E-state index in [0.29, 0.717) is 42.5 Å². The number of hydrogen-bond acceptors (Lipinski definition) is 4. The summed E-state index contributed by atoms with van der Waals surface area (Å²) < 4.78 is 6.96. The van der Waals surface area contributed by atoms with Gasteiger partial charge in [0, 0.05) is 30.0 Å². The van der Waals surface area contributed by atoms with Crippen LogP contribution in [0.25, 0.3) is 5.52 Å². The number of fused-ring (bicyclic) bond motifs is 1. The fraction of sp³-hybridized carbons (Fsp3) is 0.250. The minimum atomic E-state index is -0.379. The van der Waals surface area contributed by atoms with Gasteiger partial charge in [0.15, 0.2) is 5.69 Å². The van der Waals surface area contributed by atoms with Gasteiger partial charge in [-0.3, -0.25) is 14.0 Å². The highest BCUT2D eigenvalue weighted by Gasteiger charge is 2.26. The molecule has 0 bridgehead atoms. The monoisotopic (exact) mass is 398 g/mol. The highest BCUT2D eigenvalue weighted by molar-refractivity contribution is 6.30. The summed E-state index contributed by atoms with van der Waals surface area (Å²) in [6.45, 7) is 3.87. The van der Waals surface area contributed by atoms with Crippen LogP contribution in [-0.4, -0.2) is 52.4 Å². The van der Waals surface area contributed by atoms with E-state index in [0.717, 1.165) is 5.56 Å². The minimum absolute atomic E-state index is 0.201. The van der Waals surface area contributed by atoms with Crippen molar-refractivity contribution in [3.63, 3.8) is 0 Å². The van der Waals surface area contributed by atoms with E-state index in [1.165, 1.54) is 0 Å². The van der Waals surface area contributed by atoms with Crippen LogP contribution in [0.2, 0.25) is 5.02 Å². The first-order valence-electron chi connectivity index (χ1n) is 8.96. The molecule has 8 heteroatoms. The maximum atomic E-state index is 12.9. The first kappa shape index (κ1) is 18.5. The van der Waals surface area contributed by atoms with Gasteiger partial charge in [-0.2, -0.15) is 0 Å². The molecule has 4 rings (SSSR count). The Labute approximate surface area is 166 Å². The number of hydrogen-bond donors (Lipinski definition) is 1. The van der Waals surface area contributed by atoms with Gasteiger partial charge in [0.2, 0.25) is 5.82 Å². The maximum Gasteiger partial charge on any atom is 0.290 e. The molecular weight excluding hydrogens is 380 g/mol. The molecule has 1 N–H and O–H groups in total. The molecule has 0 saturated carbocycles. The fourth-order valence-electron chi connectivity index (χ4n) is 3.21. The normalized spacial score (nSPS) is 14.3. The molecule has 0 aliphatic carbocycles. The summed E-state index contributed by atoms with van der Waals surface area (Å²) in [6, 6.07) is 10.6. The number of ether oxygens (including phenoxy) is 1. The Hall–Kier alpha value is -2.90. The molecule has 1 aliphatic heterocycles. The molecule has 1 aliphatic rings. The topological polar surface area (TPSA) is 75.9 Å². The Morgan fingerprint density at radius 3 is 2.71 bits per heavy atom. The number of pyridine rings is 1. The third-order valence-electron chi connectivity index (χ3n) is 4.69. The third kappa shape index (κ3) is 3.46. The van der Waals surface area contributed by atoms with Crippen molar-refractivity contribution in [3.05, 3.63) is 64.7 Å². The number of anilines is 1. The second-order valence-electron chi connectivity index (χ2n) is 6.56. The Bertz CT molecular complexity index is 1060. The molecule has 3 heterocycles. The van der Waals surface area contributed by atoms with Crippen molar-refractivity contribution >= 4 is 34.6 Å². The van der Waals surface area contributed by atoms with Crippen LogP contribution >= 0.6 is 11.6 Å². The van der Waals surface area contributed by atoms with E-state index in [1.54, 1.807) is 45.8 Å². The average molecular weight is 399 g/mol. The number of morpholine rings is 1. The van der Waals surface area contributed by atoms with Gasteiger partial charge < -0.3 is 15.0 Å². The standard InChI is InChI=1S/C20H19ClN4O3/c1-13-12-14(21)5-6-15(13)22-19(26)17-16-4-2-3-7-25(16)18(23-17)20(27)24-8-10-28-11-9-24/h2-7,12H,8-11H2,1H3,(H,22,26). The number of carbonyl (C=O) groups excluding carboxylic acids is 2. The van der Waals surface area contributed by atoms with Crippen molar-refractivity contribution in [2.75, 3.05) is 31.6 Å². The van der Waals surface area contributed by atoms with E-state index in [-0.39, 0.29) is 23.3 Å². The molecule has 7 nitrogen and oxygen atoms in total. The number of imidazole rings is 1. The van der Waals surface area contributed by atoms with Crippen LogP contribution < -0.4 is 5.32 Å². The van der Waals surface area contributed by atoms with Gasteiger partial charge in [0.25, 0.3) is 11.8 Å². The van der Waals surface area contributed by atoms with Crippen LogP contribution in [0.4, 0.5) is 5.69 Å². The Morgan fingerprint density at radius 1 is 1.18 bits per heavy atom.